The standard InChI is InChI=1S/C5H6N4O.C2H6/c10-9-4-8-5-3-6-1-2-7-5;1-2/h1-4,10H,(H,7,8,9);1-2H3. The lowest BCUT2D eigenvalue weighted by Gasteiger charge is -1.87. The molecule has 0 fully saturated rings. The Morgan fingerprint density at radius 1 is 1.50 bits per heavy atom. The van der Waals surface area contributed by atoms with E-state index in [1.807, 2.05) is 13.8 Å². The molecule has 0 bridgehead atoms. The third-order valence-electron chi connectivity index (χ3n) is 0.804. The Kier molecular flexibility index (Phi) is 6.67. The highest BCUT2D eigenvalue weighted by atomic mass is 16.5. The molecule has 1 rings (SSSR count). The summed E-state index contributed by atoms with van der Waals surface area (Å²) in [5.74, 6) is 0.448. The highest BCUT2D eigenvalue weighted by Crippen LogP contribution is 1.99. The van der Waals surface area contributed by atoms with Gasteiger partial charge in [0, 0.05) is 12.4 Å². The SMILES string of the molecule is CC.ONC=Nc1cnccn1. The fourth-order valence-corrected chi connectivity index (χ4v) is 0.453. The van der Waals surface area contributed by atoms with Crippen LogP contribution in [0.5, 0.6) is 0 Å². The van der Waals surface area contributed by atoms with Gasteiger partial charge in [-0.05, 0) is 0 Å². The Bertz CT molecular complexity index is 212. The van der Waals surface area contributed by atoms with Gasteiger partial charge >= 0.3 is 0 Å². The normalized spacial score (nSPS) is 8.92. The average molecular weight is 168 g/mol. The maximum atomic E-state index is 8.08. The average Bonchev–Trinajstić information content (AvgIpc) is 2.19. The molecule has 0 saturated heterocycles. The van der Waals surface area contributed by atoms with Gasteiger partial charge in [-0.1, -0.05) is 13.8 Å². The van der Waals surface area contributed by atoms with Gasteiger partial charge in [0.05, 0.1) is 6.20 Å². The number of aromatic nitrogens is 2. The molecule has 0 unspecified atom stereocenters. The Labute approximate surface area is 71.2 Å². The van der Waals surface area contributed by atoms with Crippen molar-refractivity contribution in [1.82, 2.24) is 15.4 Å². The van der Waals surface area contributed by atoms with E-state index in [2.05, 4.69) is 15.0 Å². The molecule has 1 aromatic rings. The smallest absolute Gasteiger partial charge is 0.172 e. The summed E-state index contributed by atoms with van der Waals surface area (Å²) in [5.41, 5.74) is 1.76. The monoisotopic (exact) mass is 168 g/mol. The van der Waals surface area contributed by atoms with Gasteiger partial charge in [0.15, 0.2) is 5.82 Å². The van der Waals surface area contributed by atoms with E-state index >= 15 is 0 Å². The Morgan fingerprint density at radius 3 is 2.75 bits per heavy atom. The molecule has 2 N–H and O–H groups in total. The van der Waals surface area contributed by atoms with E-state index in [9.17, 15) is 0 Å². The highest BCUT2D eigenvalue weighted by Gasteiger charge is 1.82. The van der Waals surface area contributed by atoms with Crippen molar-refractivity contribution in [2.75, 3.05) is 0 Å². The van der Waals surface area contributed by atoms with Crippen molar-refractivity contribution in [2.24, 2.45) is 4.99 Å². The second kappa shape index (κ2) is 7.62. The van der Waals surface area contributed by atoms with Gasteiger partial charge in [-0.25, -0.2) is 9.98 Å². The topological polar surface area (TPSA) is 70.4 Å². The summed E-state index contributed by atoms with van der Waals surface area (Å²) in [7, 11) is 0. The number of nitrogens with one attached hydrogen (secondary N) is 1. The van der Waals surface area contributed by atoms with E-state index in [1.165, 1.54) is 12.4 Å². The molecule has 1 heterocycles. The summed E-state index contributed by atoms with van der Waals surface area (Å²) < 4.78 is 0. The maximum absolute atomic E-state index is 8.08. The zero-order chi connectivity index (χ0) is 9.23. The number of nitrogens with zero attached hydrogens (tertiary/aromatic N) is 3. The Morgan fingerprint density at radius 2 is 2.25 bits per heavy atom. The third-order valence-corrected chi connectivity index (χ3v) is 0.804. The molecule has 0 atom stereocenters. The van der Waals surface area contributed by atoms with Crippen LogP contribution in [0.25, 0.3) is 0 Å². The summed E-state index contributed by atoms with van der Waals surface area (Å²) in [6.45, 7) is 4.00. The summed E-state index contributed by atoms with van der Waals surface area (Å²) in [5, 5.41) is 8.08. The van der Waals surface area contributed by atoms with E-state index in [1.54, 1.807) is 11.7 Å². The molecule has 0 spiro atoms. The first-order valence-corrected chi connectivity index (χ1v) is 3.61. The fourth-order valence-electron chi connectivity index (χ4n) is 0.453. The fraction of sp³-hybridized carbons (Fsp3) is 0.286. The summed E-state index contributed by atoms with van der Waals surface area (Å²) >= 11 is 0. The second-order valence-electron chi connectivity index (χ2n) is 1.45. The molecule has 0 saturated carbocycles. The summed E-state index contributed by atoms with van der Waals surface area (Å²) in [6.07, 6.45) is 5.66. The highest BCUT2D eigenvalue weighted by molar-refractivity contribution is 5.57. The van der Waals surface area contributed by atoms with Crippen molar-refractivity contribution < 1.29 is 5.21 Å². The number of hydroxylamine groups is 1. The molecular formula is C7H12N4O. The lowest BCUT2D eigenvalue weighted by atomic mass is 10.7. The van der Waals surface area contributed by atoms with Crippen molar-refractivity contribution in [3.8, 4) is 0 Å². The maximum Gasteiger partial charge on any atom is 0.172 e. The summed E-state index contributed by atoms with van der Waals surface area (Å²) in [4.78, 5) is 11.2. The van der Waals surface area contributed by atoms with Gasteiger partial charge in [-0.2, -0.15) is 0 Å². The van der Waals surface area contributed by atoms with Gasteiger partial charge in [0.2, 0.25) is 0 Å². The third kappa shape index (κ3) is 4.35. The van der Waals surface area contributed by atoms with Gasteiger partial charge in [0.1, 0.15) is 6.34 Å². The molecule has 0 amide bonds. The van der Waals surface area contributed by atoms with Gasteiger partial charge in [0.25, 0.3) is 0 Å². The molecule has 0 aliphatic heterocycles. The summed E-state index contributed by atoms with van der Waals surface area (Å²) in [6, 6.07) is 0. The van der Waals surface area contributed by atoms with E-state index in [0.717, 1.165) is 6.34 Å². The molecule has 66 valence electrons. The van der Waals surface area contributed by atoms with Crippen LogP contribution in [0, 0.1) is 0 Å². The second-order valence-corrected chi connectivity index (χ2v) is 1.45. The number of aliphatic imine (C=N–C) groups is 1. The number of hydrogen-bond acceptors (Lipinski definition) is 4. The lowest BCUT2D eigenvalue weighted by molar-refractivity contribution is 0.240. The van der Waals surface area contributed by atoms with E-state index < -0.39 is 0 Å². The van der Waals surface area contributed by atoms with Crippen LogP contribution in [-0.2, 0) is 0 Å². The quantitative estimate of drug-likeness (QED) is 0.394. The minimum absolute atomic E-state index is 0.448. The largest absolute Gasteiger partial charge is 0.290 e. The molecule has 0 radical (unpaired) electrons. The van der Waals surface area contributed by atoms with Crippen molar-refractivity contribution in [2.45, 2.75) is 13.8 Å². The molecule has 0 aromatic carbocycles. The Balaban J connectivity index is 0.000000561. The van der Waals surface area contributed by atoms with Crippen LogP contribution < -0.4 is 5.48 Å². The van der Waals surface area contributed by atoms with Crippen LogP contribution >= 0.6 is 0 Å². The van der Waals surface area contributed by atoms with Crippen LogP contribution in [-0.4, -0.2) is 21.5 Å². The van der Waals surface area contributed by atoms with Crippen molar-refractivity contribution in [1.29, 1.82) is 0 Å². The number of hydrogen-bond donors (Lipinski definition) is 2. The molecule has 5 heteroatoms. The molecule has 1 aromatic heterocycles. The van der Waals surface area contributed by atoms with Gasteiger partial charge < -0.3 is 0 Å². The predicted octanol–water partition coefficient (Wildman–Crippen LogP) is 1.14. The number of rotatable bonds is 2. The first kappa shape index (κ1) is 10.5. The van der Waals surface area contributed by atoms with Crippen LogP contribution in [0.4, 0.5) is 5.82 Å². The zero-order valence-electron chi connectivity index (χ0n) is 7.10. The molecule has 0 aliphatic rings. The van der Waals surface area contributed by atoms with Crippen molar-refractivity contribution in [3.63, 3.8) is 0 Å². The lowest BCUT2D eigenvalue weighted by Crippen LogP contribution is -2.01. The van der Waals surface area contributed by atoms with Gasteiger partial charge in [-0.3, -0.25) is 15.7 Å². The molecule has 5 nitrogen and oxygen atoms in total. The molecule has 0 aliphatic carbocycles. The molecule has 12 heavy (non-hydrogen) atoms. The predicted molar refractivity (Wildman–Crippen MR) is 46.5 cm³/mol. The zero-order valence-corrected chi connectivity index (χ0v) is 7.10. The van der Waals surface area contributed by atoms with Crippen molar-refractivity contribution >= 4 is 12.2 Å². The van der Waals surface area contributed by atoms with E-state index in [0.29, 0.717) is 5.82 Å². The van der Waals surface area contributed by atoms with Crippen LogP contribution in [0.3, 0.4) is 0 Å². The van der Waals surface area contributed by atoms with Crippen molar-refractivity contribution in [3.05, 3.63) is 18.6 Å². The first-order chi connectivity index (χ1) is 5.93. The first-order valence-electron chi connectivity index (χ1n) is 3.61. The van der Waals surface area contributed by atoms with Crippen LogP contribution in [0.1, 0.15) is 13.8 Å². The van der Waals surface area contributed by atoms with Crippen LogP contribution in [0.2, 0.25) is 0 Å². The minimum atomic E-state index is 0.448. The van der Waals surface area contributed by atoms with Gasteiger partial charge in [-0.15, -0.1) is 0 Å². The van der Waals surface area contributed by atoms with E-state index in [4.69, 9.17) is 5.21 Å². The Hall–Kier alpha value is -1.49. The van der Waals surface area contributed by atoms with Crippen LogP contribution in [0.15, 0.2) is 23.6 Å². The van der Waals surface area contributed by atoms with E-state index in [-0.39, 0.29) is 0 Å². The molecular weight excluding hydrogens is 156 g/mol. The minimum Gasteiger partial charge on any atom is -0.290 e.